The fourth-order valence-electron chi connectivity index (χ4n) is 7.29. The van der Waals surface area contributed by atoms with Crippen molar-refractivity contribution in [3.63, 3.8) is 0 Å². The van der Waals surface area contributed by atoms with E-state index in [1.807, 2.05) is 0 Å². The van der Waals surface area contributed by atoms with Gasteiger partial charge in [0.1, 0.15) is 0 Å². The van der Waals surface area contributed by atoms with E-state index >= 15 is 0 Å². The van der Waals surface area contributed by atoms with Crippen LogP contribution in [0.5, 0.6) is 0 Å². The summed E-state index contributed by atoms with van der Waals surface area (Å²) in [6, 6.07) is 2.94. The average molecular weight is 663 g/mol. The molecule has 7 rings (SSSR count). The third-order valence-electron chi connectivity index (χ3n) is 9.69. The third-order valence-corrected chi connectivity index (χ3v) is 9.69. The Labute approximate surface area is 278 Å². The first-order valence-electron chi connectivity index (χ1n) is 17.1. The Kier molecular flexibility index (Phi) is 10.7. The van der Waals surface area contributed by atoms with Crippen LogP contribution in [0.15, 0.2) is 26.8 Å². The fraction of sp³-hybridized carbons (Fsp3) is 0.545. The van der Waals surface area contributed by atoms with Gasteiger partial charge in [0, 0.05) is 60.8 Å². The number of nitrogens with one attached hydrogen (secondary N) is 5. The van der Waals surface area contributed by atoms with E-state index in [2.05, 4.69) is 46.4 Å². The Hall–Kier alpha value is -4.31. The molecule has 3 aliphatic heterocycles. The number of anilines is 1. The Balaban J connectivity index is 1.46. The first-order chi connectivity index (χ1) is 23.3. The van der Waals surface area contributed by atoms with Crippen LogP contribution >= 0.6 is 0 Å². The van der Waals surface area contributed by atoms with Crippen molar-refractivity contribution in [3.8, 4) is 0 Å². The van der Waals surface area contributed by atoms with E-state index in [0.717, 1.165) is 84.3 Å². The molecule has 3 aliphatic rings. The van der Waals surface area contributed by atoms with Crippen LogP contribution in [0.3, 0.4) is 0 Å². The number of nitrogens with zero attached hydrogens (tertiary/aromatic N) is 4. The van der Waals surface area contributed by atoms with Crippen molar-refractivity contribution in [1.29, 1.82) is 0 Å². The molecule has 4 aromatic rings. The first-order valence-corrected chi connectivity index (χ1v) is 17.1. The predicted molar refractivity (Wildman–Crippen MR) is 186 cm³/mol. The molecule has 0 spiro atoms. The van der Waals surface area contributed by atoms with Gasteiger partial charge in [0.15, 0.2) is 5.84 Å². The molecule has 15 heteroatoms. The summed E-state index contributed by atoms with van der Waals surface area (Å²) in [7, 11) is 0. The number of benzene rings is 2. The van der Waals surface area contributed by atoms with E-state index in [1.165, 1.54) is 12.1 Å². The highest BCUT2D eigenvalue weighted by atomic mass is 16.4. The highest BCUT2D eigenvalue weighted by molar-refractivity contribution is 6.30. The second kappa shape index (κ2) is 15.3. The van der Waals surface area contributed by atoms with Crippen molar-refractivity contribution in [2.75, 3.05) is 83.9 Å². The summed E-state index contributed by atoms with van der Waals surface area (Å²) in [6.07, 6.45) is 6.76. The van der Waals surface area contributed by atoms with Gasteiger partial charge in [0.25, 0.3) is 17.0 Å². The van der Waals surface area contributed by atoms with Crippen LogP contribution < -0.4 is 38.4 Å². The van der Waals surface area contributed by atoms with E-state index in [-0.39, 0.29) is 49.8 Å². The van der Waals surface area contributed by atoms with Crippen LogP contribution in [0, 0.1) is 0 Å². The minimum absolute atomic E-state index is 0.0102. The quantitative estimate of drug-likeness (QED) is 0.0510. The molecule has 0 atom stereocenters. The molecule has 1 amide bonds. The van der Waals surface area contributed by atoms with Gasteiger partial charge >= 0.3 is 5.97 Å². The molecule has 5 heterocycles. The minimum atomic E-state index is -1.39. The van der Waals surface area contributed by atoms with E-state index in [0.29, 0.717) is 32.7 Å². The maximum absolute atomic E-state index is 14.0. The molecule has 0 saturated carbocycles. The number of carboxylic acid groups (broad SMARTS) is 1. The maximum Gasteiger partial charge on any atom is 0.338 e. The summed E-state index contributed by atoms with van der Waals surface area (Å²) in [6.45, 7) is 9.28. The lowest BCUT2D eigenvalue weighted by atomic mass is 9.88. The van der Waals surface area contributed by atoms with Gasteiger partial charge < -0.3 is 36.3 Å². The molecule has 3 fully saturated rings. The number of likely N-dealkylation sites (tertiary alicyclic amines) is 3. The second-order valence-corrected chi connectivity index (χ2v) is 12.9. The normalized spacial score (nSPS) is 18.0. The smallest absolute Gasteiger partial charge is 0.338 e. The molecule has 2 bridgehead atoms. The van der Waals surface area contributed by atoms with Crippen molar-refractivity contribution in [1.82, 2.24) is 36.0 Å². The van der Waals surface area contributed by atoms with Crippen molar-refractivity contribution in [2.24, 2.45) is 10.8 Å². The number of nitrogens with two attached hydrogens (primary N) is 1. The summed E-state index contributed by atoms with van der Waals surface area (Å²) >= 11 is 0. The van der Waals surface area contributed by atoms with Gasteiger partial charge in [-0.05, 0) is 89.9 Å². The largest absolute Gasteiger partial charge is 0.478 e. The summed E-state index contributed by atoms with van der Waals surface area (Å²) in [5, 5.41) is 18.8. The number of hydrogen-bond donors (Lipinski definition) is 7. The van der Waals surface area contributed by atoms with E-state index in [4.69, 9.17) is 5.73 Å². The van der Waals surface area contributed by atoms with E-state index < -0.39 is 23.0 Å². The zero-order valence-corrected chi connectivity index (χ0v) is 27.3. The molecule has 0 unspecified atom stereocenters. The van der Waals surface area contributed by atoms with Crippen LogP contribution in [-0.2, 0) is 0 Å². The van der Waals surface area contributed by atoms with Crippen LogP contribution in [0.1, 0.15) is 64.8 Å². The number of carbonyl (C=O) groups excluding carboxylic acids is 1. The van der Waals surface area contributed by atoms with E-state index in [9.17, 15) is 24.3 Å². The molecule has 0 aliphatic carbocycles. The molecule has 2 aromatic heterocycles. The van der Waals surface area contributed by atoms with Crippen molar-refractivity contribution in [2.45, 2.75) is 38.5 Å². The molecular weight excluding hydrogens is 616 g/mol. The number of hydrazine groups is 1. The number of amidine groups is 1. The Morgan fingerprint density at radius 1 is 0.750 bits per heavy atom. The van der Waals surface area contributed by atoms with Crippen LogP contribution in [-0.4, -0.2) is 121 Å². The number of carbonyl (C=O) groups is 2. The lowest BCUT2D eigenvalue weighted by Crippen LogP contribution is -2.42. The van der Waals surface area contributed by atoms with Gasteiger partial charge in [-0.1, -0.05) is 0 Å². The number of rotatable bonds is 15. The summed E-state index contributed by atoms with van der Waals surface area (Å²) in [5.41, 5.74) is 13.5. The van der Waals surface area contributed by atoms with Crippen molar-refractivity contribution in [3.05, 3.63) is 49.5 Å². The molecular formula is C33H46N10O5. The second-order valence-electron chi connectivity index (χ2n) is 12.9. The van der Waals surface area contributed by atoms with Crippen LogP contribution in [0.2, 0.25) is 0 Å². The van der Waals surface area contributed by atoms with Gasteiger partial charge in [-0.2, -0.15) is 5.10 Å². The number of hydrogen-bond acceptors (Lipinski definition) is 11. The predicted octanol–water partition coefficient (Wildman–Crippen LogP) is 0.321. The highest BCUT2D eigenvalue weighted by Gasteiger charge is 2.32. The number of aromatic nitrogens is 1. The first kappa shape index (κ1) is 33.6. The summed E-state index contributed by atoms with van der Waals surface area (Å²) in [5.74, 6) is -2.20. The zero-order chi connectivity index (χ0) is 33.6. The number of amides is 1. The maximum atomic E-state index is 14.0. The number of fused-ring (bicyclic) bond motifs is 3. The molecule has 48 heavy (non-hydrogen) atoms. The molecule has 8 N–H and O–H groups in total. The summed E-state index contributed by atoms with van der Waals surface area (Å²) in [4.78, 5) is 63.1. The van der Waals surface area contributed by atoms with Gasteiger partial charge in [0.2, 0.25) is 0 Å². The molecule has 2 aromatic carbocycles. The lowest BCUT2D eigenvalue weighted by Gasteiger charge is -2.23. The number of carboxylic acids is 1. The average Bonchev–Trinajstić information content (AvgIpc) is 3.87. The number of aromatic carboxylic acids is 1. The molecule has 258 valence electrons. The fourth-order valence-corrected chi connectivity index (χ4v) is 7.29. The van der Waals surface area contributed by atoms with Crippen molar-refractivity contribution < 1.29 is 14.7 Å². The van der Waals surface area contributed by atoms with Crippen LogP contribution in [0.25, 0.3) is 21.5 Å². The number of aromatic amines is 1. The van der Waals surface area contributed by atoms with Crippen molar-refractivity contribution >= 4 is 44.9 Å². The highest BCUT2D eigenvalue weighted by Crippen LogP contribution is 2.38. The van der Waals surface area contributed by atoms with Gasteiger partial charge in [-0.3, -0.25) is 24.8 Å². The molecule has 15 nitrogen and oxygen atoms in total. The zero-order valence-electron chi connectivity index (χ0n) is 27.3. The monoisotopic (exact) mass is 662 g/mol. The van der Waals surface area contributed by atoms with Crippen LogP contribution in [0.4, 0.5) is 5.69 Å². The molecule has 3 saturated heterocycles. The topological polar surface area (TPSA) is 201 Å². The lowest BCUT2D eigenvalue weighted by molar-refractivity contribution is 0.0691. The number of hydrazone groups is 1. The minimum Gasteiger partial charge on any atom is -0.478 e. The SMILES string of the molecule is NC(=NNCCN1CCCC1)c1c(NCCN2CCCC2)c(C(=O)O)c(C(=O)NNCCN2CCCC2)c2c3ccc(c(=O)[nH]c3=O)c12. The number of H-pyrrole nitrogens is 1. The third kappa shape index (κ3) is 7.23. The summed E-state index contributed by atoms with van der Waals surface area (Å²) < 4.78 is 0. The van der Waals surface area contributed by atoms with Gasteiger partial charge in [0.05, 0.1) is 22.4 Å². The van der Waals surface area contributed by atoms with E-state index in [1.54, 1.807) is 0 Å². The van der Waals surface area contributed by atoms with Gasteiger partial charge in [-0.15, -0.1) is 0 Å². The Morgan fingerprint density at radius 2 is 1.25 bits per heavy atom. The van der Waals surface area contributed by atoms with Gasteiger partial charge in [-0.25, -0.2) is 10.2 Å². The Bertz CT molecular complexity index is 1780. The standard InChI is InChI=1S/C33H46N10O5/c34-29(39-36-10-19-42-14-3-4-15-42)26-24-22-8-7-21(30(44)38-31(22)45)23(24)25(32(46)40-37-11-20-43-16-5-6-17-43)27(33(47)48)28(26)35-9-18-41-12-1-2-13-41/h7-8,35-37H,1-6,9-20H2,(H2,34,39)(H,40,46)(H,47,48)(H,38,44,45). The molecule has 0 radical (unpaired) electrons. The Morgan fingerprint density at radius 3 is 1.79 bits per heavy atom.